The van der Waals surface area contributed by atoms with E-state index in [0.717, 1.165) is 29.8 Å². The van der Waals surface area contributed by atoms with Crippen molar-refractivity contribution >= 4 is 28.3 Å². The molecule has 0 spiro atoms. The molecule has 108 valence electrons. The zero-order valence-corrected chi connectivity index (χ0v) is 14.0. The molecule has 1 aliphatic rings. The van der Waals surface area contributed by atoms with Crippen molar-refractivity contribution in [2.24, 2.45) is 5.16 Å². The SMILES string of the molecule is CCCc1cccnc1C1=NOC(c2ccccc2)C1I. The number of hydrogen-bond donors (Lipinski definition) is 0. The maximum Gasteiger partial charge on any atom is 0.170 e. The number of alkyl halides is 1. The monoisotopic (exact) mass is 392 g/mol. The zero-order chi connectivity index (χ0) is 14.7. The number of aryl methyl sites for hydroxylation is 1. The first-order chi connectivity index (χ1) is 10.3. The maximum absolute atomic E-state index is 5.69. The summed E-state index contributed by atoms with van der Waals surface area (Å²) in [4.78, 5) is 10.2. The quantitative estimate of drug-likeness (QED) is 0.574. The minimum Gasteiger partial charge on any atom is -0.386 e. The number of rotatable bonds is 4. The summed E-state index contributed by atoms with van der Waals surface area (Å²) in [6.07, 6.45) is 3.91. The largest absolute Gasteiger partial charge is 0.386 e. The van der Waals surface area contributed by atoms with Gasteiger partial charge in [0, 0.05) is 6.20 Å². The molecule has 1 aliphatic heterocycles. The summed E-state index contributed by atoms with van der Waals surface area (Å²) >= 11 is 2.41. The Hall–Kier alpha value is -1.43. The van der Waals surface area contributed by atoms with E-state index < -0.39 is 0 Å². The second-order valence-corrected chi connectivity index (χ2v) is 6.42. The van der Waals surface area contributed by atoms with Gasteiger partial charge < -0.3 is 4.84 Å². The topological polar surface area (TPSA) is 34.5 Å². The molecule has 0 saturated heterocycles. The summed E-state index contributed by atoms with van der Waals surface area (Å²) in [5.41, 5.74) is 4.34. The summed E-state index contributed by atoms with van der Waals surface area (Å²) < 4.78 is 0.176. The van der Waals surface area contributed by atoms with Crippen molar-refractivity contribution < 1.29 is 4.84 Å². The van der Waals surface area contributed by atoms with E-state index in [2.05, 4.69) is 57.9 Å². The Morgan fingerprint density at radius 1 is 1.14 bits per heavy atom. The third-order valence-electron chi connectivity index (χ3n) is 3.57. The van der Waals surface area contributed by atoms with Crippen molar-refractivity contribution in [3.05, 3.63) is 65.5 Å². The van der Waals surface area contributed by atoms with E-state index in [9.17, 15) is 0 Å². The highest BCUT2D eigenvalue weighted by Gasteiger charge is 2.35. The number of nitrogens with zero attached hydrogens (tertiary/aromatic N) is 2. The lowest BCUT2D eigenvalue weighted by Gasteiger charge is -2.14. The fourth-order valence-electron chi connectivity index (χ4n) is 2.55. The Kier molecular flexibility index (Phi) is 4.53. The molecule has 2 aromatic rings. The molecular formula is C17H17IN2O. The Morgan fingerprint density at radius 2 is 1.95 bits per heavy atom. The highest BCUT2D eigenvalue weighted by Crippen LogP contribution is 2.35. The number of hydrogen-bond acceptors (Lipinski definition) is 3. The van der Waals surface area contributed by atoms with E-state index in [0.29, 0.717) is 0 Å². The maximum atomic E-state index is 5.69. The molecule has 3 rings (SSSR count). The smallest absolute Gasteiger partial charge is 0.170 e. The molecule has 2 heterocycles. The molecule has 1 aromatic carbocycles. The van der Waals surface area contributed by atoms with E-state index in [-0.39, 0.29) is 10.0 Å². The molecule has 0 radical (unpaired) electrons. The molecule has 2 unspecified atom stereocenters. The Morgan fingerprint density at radius 3 is 2.71 bits per heavy atom. The lowest BCUT2D eigenvalue weighted by molar-refractivity contribution is 0.0904. The van der Waals surface area contributed by atoms with Gasteiger partial charge in [0.15, 0.2) is 6.10 Å². The van der Waals surface area contributed by atoms with E-state index in [1.807, 2.05) is 30.5 Å². The van der Waals surface area contributed by atoms with E-state index in [1.54, 1.807) is 0 Å². The van der Waals surface area contributed by atoms with E-state index in [1.165, 1.54) is 5.56 Å². The Balaban J connectivity index is 1.88. The molecule has 1 aromatic heterocycles. The number of oxime groups is 1. The van der Waals surface area contributed by atoms with Gasteiger partial charge in [-0.3, -0.25) is 4.98 Å². The van der Waals surface area contributed by atoms with E-state index in [4.69, 9.17) is 4.84 Å². The predicted octanol–water partition coefficient (Wildman–Crippen LogP) is 4.31. The lowest BCUT2D eigenvalue weighted by Crippen LogP contribution is -2.20. The Bertz CT molecular complexity index is 642. The van der Waals surface area contributed by atoms with Gasteiger partial charge >= 0.3 is 0 Å². The van der Waals surface area contributed by atoms with Gasteiger partial charge in [0.2, 0.25) is 0 Å². The van der Waals surface area contributed by atoms with Gasteiger partial charge in [-0.2, -0.15) is 0 Å². The van der Waals surface area contributed by atoms with Crippen LogP contribution in [0.15, 0.2) is 53.8 Å². The molecule has 0 saturated carbocycles. The average Bonchev–Trinajstić information content (AvgIpc) is 2.91. The van der Waals surface area contributed by atoms with Crippen LogP contribution in [0.5, 0.6) is 0 Å². The molecular weight excluding hydrogens is 375 g/mol. The van der Waals surface area contributed by atoms with Crippen LogP contribution in [0.25, 0.3) is 0 Å². The summed E-state index contributed by atoms with van der Waals surface area (Å²) in [6, 6.07) is 14.4. The van der Waals surface area contributed by atoms with Crippen LogP contribution < -0.4 is 0 Å². The van der Waals surface area contributed by atoms with Crippen molar-refractivity contribution in [2.75, 3.05) is 0 Å². The van der Waals surface area contributed by atoms with Gasteiger partial charge in [-0.15, -0.1) is 0 Å². The molecule has 0 amide bonds. The number of aromatic nitrogens is 1. The molecule has 2 atom stereocenters. The normalized spacial score (nSPS) is 21.0. The zero-order valence-electron chi connectivity index (χ0n) is 11.9. The molecule has 4 heteroatoms. The standard InChI is InChI=1S/C17H17IN2O/c1-2-7-12-10-6-11-19-15(12)16-14(18)17(21-20-16)13-8-4-3-5-9-13/h3-6,8-11,14,17H,2,7H2,1H3. The fourth-order valence-corrected chi connectivity index (χ4v) is 3.50. The number of benzene rings is 1. The third-order valence-corrected chi connectivity index (χ3v) is 4.82. The predicted molar refractivity (Wildman–Crippen MR) is 92.8 cm³/mol. The van der Waals surface area contributed by atoms with E-state index >= 15 is 0 Å². The van der Waals surface area contributed by atoms with Crippen molar-refractivity contribution in [2.45, 2.75) is 29.8 Å². The summed E-state index contributed by atoms with van der Waals surface area (Å²) in [5.74, 6) is 0. The second-order valence-electron chi connectivity index (χ2n) is 5.08. The lowest BCUT2D eigenvalue weighted by atomic mass is 9.99. The summed E-state index contributed by atoms with van der Waals surface area (Å²) in [7, 11) is 0. The van der Waals surface area contributed by atoms with Crippen LogP contribution in [0.1, 0.15) is 36.3 Å². The molecule has 0 bridgehead atoms. The number of halogens is 1. The fraction of sp³-hybridized carbons (Fsp3) is 0.294. The first-order valence-corrected chi connectivity index (χ1v) is 8.42. The van der Waals surface area contributed by atoms with Gasteiger partial charge in [0.25, 0.3) is 0 Å². The van der Waals surface area contributed by atoms with Crippen LogP contribution in [0.4, 0.5) is 0 Å². The highest BCUT2D eigenvalue weighted by atomic mass is 127. The number of pyridine rings is 1. The average molecular weight is 392 g/mol. The van der Waals surface area contributed by atoms with Crippen molar-refractivity contribution in [3.8, 4) is 0 Å². The summed E-state index contributed by atoms with van der Waals surface area (Å²) in [5, 5.41) is 4.33. The van der Waals surface area contributed by atoms with Crippen molar-refractivity contribution in [1.82, 2.24) is 4.98 Å². The Labute approximate surface area is 138 Å². The van der Waals surface area contributed by atoms with Gasteiger partial charge in [-0.05, 0) is 23.6 Å². The summed E-state index contributed by atoms with van der Waals surface area (Å²) in [6.45, 7) is 2.18. The van der Waals surface area contributed by atoms with Crippen LogP contribution in [0, 0.1) is 0 Å². The molecule has 0 aliphatic carbocycles. The molecule has 0 fully saturated rings. The van der Waals surface area contributed by atoms with Gasteiger partial charge in [0.05, 0.1) is 5.69 Å². The van der Waals surface area contributed by atoms with Crippen LogP contribution in [-0.4, -0.2) is 14.6 Å². The third kappa shape index (κ3) is 2.95. The molecule has 0 N–H and O–H groups in total. The highest BCUT2D eigenvalue weighted by molar-refractivity contribution is 14.1. The van der Waals surface area contributed by atoms with Crippen LogP contribution in [0.3, 0.4) is 0 Å². The minimum absolute atomic E-state index is 0.0294. The van der Waals surface area contributed by atoms with Gasteiger partial charge in [-0.25, -0.2) is 0 Å². The first kappa shape index (κ1) is 14.5. The van der Waals surface area contributed by atoms with Crippen molar-refractivity contribution in [1.29, 1.82) is 0 Å². The van der Waals surface area contributed by atoms with Crippen molar-refractivity contribution in [3.63, 3.8) is 0 Å². The van der Waals surface area contributed by atoms with Gasteiger partial charge in [-0.1, -0.05) is 77.5 Å². The van der Waals surface area contributed by atoms with Crippen LogP contribution >= 0.6 is 22.6 Å². The molecule has 21 heavy (non-hydrogen) atoms. The second kappa shape index (κ2) is 6.56. The van der Waals surface area contributed by atoms with Gasteiger partial charge in [0.1, 0.15) is 9.64 Å². The first-order valence-electron chi connectivity index (χ1n) is 7.18. The minimum atomic E-state index is -0.0294. The van der Waals surface area contributed by atoms with Crippen LogP contribution in [0.2, 0.25) is 0 Å². The van der Waals surface area contributed by atoms with Crippen LogP contribution in [-0.2, 0) is 11.3 Å². The molecule has 3 nitrogen and oxygen atoms in total.